The summed E-state index contributed by atoms with van der Waals surface area (Å²) in [7, 11) is 0. The molecule has 4 nitrogen and oxygen atoms in total. The molecule has 1 heterocycles. The third-order valence-corrected chi connectivity index (χ3v) is 2.62. The molecule has 0 amide bonds. The summed E-state index contributed by atoms with van der Waals surface area (Å²) in [4.78, 5) is 0. The molecule has 96 valence electrons. The first-order chi connectivity index (χ1) is 8.50. The Labute approximate surface area is 102 Å². The largest absolute Gasteiger partial charge is 0.483 e. The van der Waals surface area contributed by atoms with Gasteiger partial charge >= 0.3 is 0 Å². The Morgan fingerprint density at radius 3 is 2.67 bits per heavy atom. The van der Waals surface area contributed by atoms with E-state index < -0.39 is 11.6 Å². The quantitative estimate of drug-likeness (QED) is 0.855. The van der Waals surface area contributed by atoms with Gasteiger partial charge in [0.2, 0.25) is 5.82 Å². The van der Waals surface area contributed by atoms with E-state index in [-0.39, 0.29) is 18.0 Å². The van der Waals surface area contributed by atoms with Gasteiger partial charge in [0.25, 0.3) is 0 Å². The van der Waals surface area contributed by atoms with Crippen LogP contribution in [0.4, 0.5) is 14.5 Å². The molecule has 0 saturated carbocycles. The Hall–Kier alpha value is -2.11. The zero-order valence-corrected chi connectivity index (χ0v) is 9.96. The highest BCUT2D eigenvalue weighted by Crippen LogP contribution is 2.28. The smallest absolute Gasteiger partial charge is 0.202 e. The number of nitrogen functional groups attached to an aromatic ring is 1. The van der Waals surface area contributed by atoms with Crippen LogP contribution < -0.4 is 10.5 Å². The van der Waals surface area contributed by atoms with E-state index >= 15 is 0 Å². The number of halogens is 2. The second-order valence-corrected chi connectivity index (χ2v) is 3.87. The predicted octanol–water partition coefficient (Wildman–Crippen LogP) is 2.73. The first-order valence-electron chi connectivity index (χ1n) is 5.28. The summed E-state index contributed by atoms with van der Waals surface area (Å²) < 4.78 is 36.7. The van der Waals surface area contributed by atoms with Crippen molar-refractivity contribution in [3.63, 3.8) is 0 Å². The average Bonchev–Trinajstić information content (AvgIpc) is 2.65. The number of hydrogen-bond acceptors (Lipinski definition) is 4. The van der Waals surface area contributed by atoms with E-state index in [1.165, 1.54) is 6.07 Å². The van der Waals surface area contributed by atoms with E-state index in [1.807, 2.05) is 0 Å². The van der Waals surface area contributed by atoms with Crippen LogP contribution in [-0.4, -0.2) is 5.16 Å². The standard InChI is InChI=1S/C12H12F2N2O2/c1-6-8(7(2)18-16-6)5-17-12-10(15)4-3-9(13)11(12)14/h3-4H,5,15H2,1-2H3. The second-order valence-electron chi connectivity index (χ2n) is 3.87. The maximum Gasteiger partial charge on any atom is 0.202 e. The van der Waals surface area contributed by atoms with E-state index in [1.54, 1.807) is 13.8 Å². The van der Waals surface area contributed by atoms with Crippen LogP contribution in [-0.2, 0) is 6.61 Å². The Morgan fingerprint density at radius 1 is 1.33 bits per heavy atom. The number of aryl methyl sites for hydroxylation is 2. The Bertz CT molecular complexity index is 562. The molecule has 0 fully saturated rings. The summed E-state index contributed by atoms with van der Waals surface area (Å²) in [5.74, 6) is -1.82. The minimum atomic E-state index is -1.10. The van der Waals surface area contributed by atoms with E-state index in [4.69, 9.17) is 15.0 Å². The van der Waals surface area contributed by atoms with E-state index in [0.29, 0.717) is 17.0 Å². The maximum absolute atomic E-state index is 13.5. The minimum absolute atomic E-state index is 0.0196. The molecule has 2 N–H and O–H groups in total. The molecule has 0 unspecified atom stereocenters. The zero-order valence-electron chi connectivity index (χ0n) is 9.96. The van der Waals surface area contributed by atoms with E-state index in [0.717, 1.165) is 6.07 Å². The predicted molar refractivity (Wildman–Crippen MR) is 61.1 cm³/mol. The molecule has 0 atom stereocenters. The monoisotopic (exact) mass is 254 g/mol. The summed E-state index contributed by atoms with van der Waals surface area (Å²) in [6, 6.07) is 2.20. The zero-order chi connectivity index (χ0) is 13.3. The summed E-state index contributed by atoms with van der Waals surface area (Å²) in [5.41, 5.74) is 6.91. The molecular weight excluding hydrogens is 242 g/mol. The van der Waals surface area contributed by atoms with Gasteiger partial charge in [-0.25, -0.2) is 4.39 Å². The number of benzene rings is 1. The lowest BCUT2D eigenvalue weighted by molar-refractivity contribution is 0.283. The lowest BCUT2D eigenvalue weighted by atomic mass is 10.2. The van der Waals surface area contributed by atoms with Crippen molar-refractivity contribution in [2.45, 2.75) is 20.5 Å². The van der Waals surface area contributed by atoms with Crippen molar-refractivity contribution in [3.8, 4) is 5.75 Å². The first-order valence-corrected chi connectivity index (χ1v) is 5.28. The molecule has 1 aromatic heterocycles. The molecule has 18 heavy (non-hydrogen) atoms. The average molecular weight is 254 g/mol. The van der Waals surface area contributed by atoms with Crippen molar-refractivity contribution in [2.75, 3.05) is 5.73 Å². The highest BCUT2D eigenvalue weighted by Gasteiger charge is 2.16. The van der Waals surface area contributed by atoms with Crippen LogP contribution in [0.5, 0.6) is 5.75 Å². The second kappa shape index (κ2) is 4.64. The molecule has 2 aromatic rings. The van der Waals surface area contributed by atoms with Gasteiger partial charge in [-0.2, -0.15) is 4.39 Å². The van der Waals surface area contributed by atoms with E-state index in [2.05, 4.69) is 5.16 Å². The Balaban J connectivity index is 2.24. The SMILES string of the molecule is Cc1noc(C)c1COc1c(N)ccc(F)c1F. The highest BCUT2D eigenvalue weighted by atomic mass is 19.2. The fraction of sp³-hybridized carbons (Fsp3) is 0.250. The van der Waals surface area contributed by atoms with Crippen molar-refractivity contribution in [1.29, 1.82) is 0 Å². The van der Waals surface area contributed by atoms with Gasteiger partial charge in [0.1, 0.15) is 12.4 Å². The summed E-state index contributed by atoms with van der Waals surface area (Å²) in [5, 5.41) is 3.74. The van der Waals surface area contributed by atoms with Gasteiger partial charge in [-0.15, -0.1) is 0 Å². The van der Waals surface area contributed by atoms with Gasteiger partial charge in [0, 0.05) is 0 Å². The normalized spacial score (nSPS) is 10.7. The number of nitrogens with zero attached hydrogens (tertiary/aromatic N) is 1. The van der Waals surface area contributed by atoms with Crippen LogP contribution in [0.1, 0.15) is 17.0 Å². The molecule has 6 heteroatoms. The van der Waals surface area contributed by atoms with Crippen LogP contribution in [0, 0.1) is 25.5 Å². The molecule has 2 rings (SSSR count). The van der Waals surface area contributed by atoms with Gasteiger partial charge in [0.15, 0.2) is 11.6 Å². The van der Waals surface area contributed by atoms with Crippen molar-refractivity contribution >= 4 is 5.69 Å². The van der Waals surface area contributed by atoms with Crippen LogP contribution in [0.3, 0.4) is 0 Å². The number of hydrogen-bond donors (Lipinski definition) is 1. The lowest BCUT2D eigenvalue weighted by Gasteiger charge is -2.09. The highest BCUT2D eigenvalue weighted by molar-refractivity contribution is 5.53. The van der Waals surface area contributed by atoms with Gasteiger partial charge < -0.3 is 15.0 Å². The first kappa shape index (κ1) is 12.3. The summed E-state index contributed by atoms with van der Waals surface area (Å²) in [6.07, 6.45) is 0. The Kier molecular flexibility index (Phi) is 3.18. The molecule has 0 aliphatic rings. The summed E-state index contributed by atoms with van der Waals surface area (Å²) in [6.45, 7) is 3.47. The summed E-state index contributed by atoms with van der Waals surface area (Å²) >= 11 is 0. The molecule has 0 aliphatic carbocycles. The van der Waals surface area contributed by atoms with Crippen LogP contribution in [0.2, 0.25) is 0 Å². The lowest BCUT2D eigenvalue weighted by Crippen LogP contribution is -2.03. The van der Waals surface area contributed by atoms with Crippen molar-refractivity contribution in [1.82, 2.24) is 5.16 Å². The number of rotatable bonds is 3. The van der Waals surface area contributed by atoms with Crippen LogP contribution >= 0.6 is 0 Å². The molecular formula is C12H12F2N2O2. The number of ether oxygens (including phenoxy) is 1. The number of nitrogens with two attached hydrogens (primary N) is 1. The van der Waals surface area contributed by atoms with Crippen molar-refractivity contribution in [3.05, 3.63) is 40.8 Å². The van der Waals surface area contributed by atoms with Gasteiger partial charge in [0.05, 0.1) is 16.9 Å². The molecule has 0 aliphatic heterocycles. The topological polar surface area (TPSA) is 61.3 Å². The molecule has 1 aromatic carbocycles. The minimum Gasteiger partial charge on any atom is -0.483 e. The maximum atomic E-state index is 13.5. The third kappa shape index (κ3) is 2.13. The van der Waals surface area contributed by atoms with E-state index in [9.17, 15) is 8.78 Å². The van der Waals surface area contributed by atoms with Crippen LogP contribution in [0.25, 0.3) is 0 Å². The van der Waals surface area contributed by atoms with Gasteiger partial charge in [-0.1, -0.05) is 5.16 Å². The fourth-order valence-corrected chi connectivity index (χ4v) is 1.55. The van der Waals surface area contributed by atoms with Crippen molar-refractivity contribution in [2.24, 2.45) is 0 Å². The fourth-order valence-electron chi connectivity index (χ4n) is 1.55. The van der Waals surface area contributed by atoms with Gasteiger partial charge in [-0.05, 0) is 26.0 Å². The molecule has 0 saturated heterocycles. The number of anilines is 1. The van der Waals surface area contributed by atoms with Crippen molar-refractivity contribution < 1.29 is 18.0 Å². The molecule has 0 spiro atoms. The number of aromatic nitrogens is 1. The molecule has 0 radical (unpaired) electrons. The third-order valence-electron chi connectivity index (χ3n) is 2.62. The van der Waals surface area contributed by atoms with Crippen LogP contribution in [0.15, 0.2) is 16.7 Å². The van der Waals surface area contributed by atoms with Gasteiger partial charge in [-0.3, -0.25) is 0 Å². The molecule has 0 bridgehead atoms. The Morgan fingerprint density at radius 2 is 2.06 bits per heavy atom.